The summed E-state index contributed by atoms with van der Waals surface area (Å²) in [4.78, 5) is 28.7. The van der Waals surface area contributed by atoms with Crippen molar-refractivity contribution in [2.75, 3.05) is 13.1 Å². The highest BCUT2D eigenvalue weighted by molar-refractivity contribution is 5.82. The van der Waals surface area contributed by atoms with Gasteiger partial charge in [0.2, 0.25) is 11.8 Å². The molecule has 150 valence electrons. The lowest BCUT2D eigenvalue weighted by atomic mass is 10.3. The number of carbonyl (C=O) groups excluding carboxylic acids is 2. The average molecular weight is 392 g/mol. The summed E-state index contributed by atoms with van der Waals surface area (Å²) in [5.74, 6) is 1.57. The van der Waals surface area contributed by atoms with E-state index in [9.17, 15) is 9.59 Å². The van der Waals surface area contributed by atoms with Crippen LogP contribution < -0.4 is 15.4 Å². The predicted octanol–water partition coefficient (Wildman–Crippen LogP) is 2.26. The number of amides is 2. The van der Waals surface area contributed by atoms with Crippen molar-refractivity contribution in [3.8, 4) is 5.75 Å². The molecule has 0 aliphatic heterocycles. The zero-order valence-electron chi connectivity index (χ0n) is 16.1. The summed E-state index contributed by atoms with van der Waals surface area (Å²) in [6.07, 6.45) is 1.94. The highest BCUT2D eigenvalue weighted by atomic mass is 16.5. The van der Waals surface area contributed by atoms with Crippen LogP contribution in [-0.4, -0.2) is 34.5 Å². The number of ether oxygens (including phenoxy) is 1. The van der Waals surface area contributed by atoms with Gasteiger partial charge in [0.1, 0.15) is 24.7 Å². The summed E-state index contributed by atoms with van der Waals surface area (Å²) in [7, 11) is 0. The van der Waals surface area contributed by atoms with E-state index in [4.69, 9.17) is 4.74 Å². The van der Waals surface area contributed by atoms with E-state index >= 15 is 0 Å². The number of fused-ring (bicyclic) bond motifs is 1. The molecule has 2 amide bonds. The van der Waals surface area contributed by atoms with E-state index in [-0.39, 0.29) is 30.9 Å². The molecule has 2 aromatic carbocycles. The number of benzene rings is 2. The van der Waals surface area contributed by atoms with Crippen molar-refractivity contribution in [2.45, 2.75) is 26.0 Å². The number of aromatic nitrogens is 2. The number of carbonyl (C=O) groups is 2. The van der Waals surface area contributed by atoms with Crippen LogP contribution in [0.2, 0.25) is 0 Å². The third-order valence-corrected chi connectivity index (χ3v) is 4.84. The normalized spacial score (nSPS) is 13.2. The molecule has 0 radical (unpaired) electrons. The molecule has 1 heterocycles. The molecule has 1 aliphatic carbocycles. The molecule has 1 fully saturated rings. The van der Waals surface area contributed by atoms with Gasteiger partial charge in [0.25, 0.3) is 0 Å². The molecule has 1 saturated carbocycles. The summed E-state index contributed by atoms with van der Waals surface area (Å²) in [5.41, 5.74) is 1.71. The number of rotatable bonds is 9. The standard InChI is InChI=1S/C22H24N4O3/c27-21(23-12-13-24-22(28)16-10-11-16)14-26-19-9-5-4-8-18(19)25-20(26)15-29-17-6-2-1-3-7-17/h1-9,16H,10-15H2,(H,23,27)(H,24,28). The van der Waals surface area contributed by atoms with E-state index < -0.39 is 0 Å². The first-order chi connectivity index (χ1) is 14.2. The van der Waals surface area contributed by atoms with Crippen molar-refractivity contribution in [1.82, 2.24) is 20.2 Å². The lowest BCUT2D eigenvalue weighted by molar-refractivity contribution is -0.123. The van der Waals surface area contributed by atoms with E-state index in [0.717, 1.165) is 29.6 Å². The number of para-hydroxylation sites is 3. The quantitative estimate of drug-likeness (QED) is 0.547. The van der Waals surface area contributed by atoms with E-state index in [1.165, 1.54) is 0 Å². The van der Waals surface area contributed by atoms with Crippen LogP contribution in [0.3, 0.4) is 0 Å². The molecular formula is C22H24N4O3. The molecule has 0 unspecified atom stereocenters. The van der Waals surface area contributed by atoms with Crippen molar-refractivity contribution < 1.29 is 14.3 Å². The summed E-state index contributed by atoms with van der Waals surface area (Å²) in [6.45, 7) is 1.25. The zero-order valence-corrected chi connectivity index (χ0v) is 16.1. The molecule has 1 aromatic heterocycles. The fourth-order valence-corrected chi connectivity index (χ4v) is 3.15. The maximum absolute atomic E-state index is 12.5. The molecule has 7 heteroatoms. The Morgan fingerprint density at radius 2 is 1.72 bits per heavy atom. The smallest absolute Gasteiger partial charge is 0.240 e. The van der Waals surface area contributed by atoms with Crippen LogP contribution in [0.1, 0.15) is 18.7 Å². The van der Waals surface area contributed by atoms with E-state index in [0.29, 0.717) is 18.9 Å². The third-order valence-electron chi connectivity index (χ3n) is 4.84. The molecule has 29 heavy (non-hydrogen) atoms. The topological polar surface area (TPSA) is 85.2 Å². The first-order valence-corrected chi connectivity index (χ1v) is 9.87. The van der Waals surface area contributed by atoms with Crippen LogP contribution in [0.4, 0.5) is 0 Å². The lowest BCUT2D eigenvalue weighted by Crippen LogP contribution is -2.36. The van der Waals surface area contributed by atoms with Gasteiger partial charge in [-0.3, -0.25) is 9.59 Å². The number of nitrogens with zero attached hydrogens (tertiary/aromatic N) is 2. The van der Waals surface area contributed by atoms with E-state index in [1.807, 2.05) is 59.2 Å². The maximum atomic E-state index is 12.5. The zero-order chi connectivity index (χ0) is 20.1. The molecule has 0 bridgehead atoms. The van der Waals surface area contributed by atoms with Crippen molar-refractivity contribution in [3.63, 3.8) is 0 Å². The first-order valence-electron chi connectivity index (χ1n) is 9.87. The third kappa shape index (κ3) is 4.93. The van der Waals surface area contributed by atoms with Crippen LogP contribution in [0.25, 0.3) is 11.0 Å². The minimum absolute atomic E-state index is 0.0835. The Morgan fingerprint density at radius 3 is 2.52 bits per heavy atom. The Balaban J connectivity index is 1.38. The van der Waals surface area contributed by atoms with Crippen molar-refractivity contribution in [1.29, 1.82) is 0 Å². The van der Waals surface area contributed by atoms with Gasteiger partial charge in [-0.05, 0) is 37.1 Å². The monoisotopic (exact) mass is 392 g/mol. The van der Waals surface area contributed by atoms with Crippen molar-refractivity contribution >= 4 is 22.8 Å². The summed E-state index contributed by atoms with van der Waals surface area (Å²) in [6, 6.07) is 17.2. The van der Waals surface area contributed by atoms with Gasteiger partial charge in [0.05, 0.1) is 11.0 Å². The second kappa shape index (κ2) is 8.77. The van der Waals surface area contributed by atoms with Crippen LogP contribution in [0.5, 0.6) is 5.75 Å². The summed E-state index contributed by atoms with van der Waals surface area (Å²) < 4.78 is 7.71. The Morgan fingerprint density at radius 1 is 1.00 bits per heavy atom. The van der Waals surface area contributed by atoms with Gasteiger partial charge in [0, 0.05) is 19.0 Å². The van der Waals surface area contributed by atoms with Gasteiger partial charge >= 0.3 is 0 Å². The van der Waals surface area contributed by atoms with Gasteiger partial charge in [-0.1, -0.05) is 30.3 Å². The predicted molar refractivity (Wildman–Crippen MR) is 109 cm³/mol. The molecule has 1 aliphatic rings. The molecule has 2 N–H and O–H groups in total. The number of imidazole rings is 1. The van der Waals surface area contributed by atoms with Crippen LogP contribution in [0, 0.1) is 5.92 Å². The minimum Gasteiger partial charge on any atom is -0.486 e. The van der Waals surface area contributed by atoms with Crippen molar-refractivity contribution in [3.05, 3.63) is 60.4 Å². The van der Waals surface area contributed by atoms with E-state index in [1.54, 1.807) is 0 Å². The molecule has 0 atom stereocenters. The van der Waals surface area contributed by atoms with Gasteiger partial charge in [-0.15, -0.1) is 0 Å². The van der Waals surface area contributed by atoms with Gasteiger partial charge in [-0.25, -0.2) is 4.98 Å². The fourth-order valence-electron chi connectivity index (χ4n) is 3.15. The SMILES string of the molecule is O=C(Cn1c(COc2ccccc2)nc2ccccc21)NCCNC(=O)C1CC1. The van der Waals surface area contributed by atoms with Crippen molar-refractivity contribution in [2.24, 2.45) is 5.92 Å². The minimum atomic E-state index is -0.130. The number of hydrogen-bond donors (Lipinski definition) is 2. The Bertz CT molecular complexity index is 996. The Hall–Kier alpha value is -3.35. The Kier molecular flexibility index (Phi) is 5.74. The van der Waals surface area contributed by atoms with E-state index in [2.05, 4.69) is 15.6 Å². The van der Waals surface area contributed by atoms with Crippen LogP contribution >= 0.6 is 0 Å². The summed E-state index contributed by atoms with van der Waals surface area (Å²) in [5, 5.41) is 5.70. The largest absolute Gasteiger partial charge is 0.486 e. The fraction of sp³-hybridized carbons (Fsp3) is 0.318. The highest BCUT2D eigenvalue weighted by Crippen LogP contribution is 2.28. The van der Waals surface area contributed by atoms with Crippen LogP contribution in [-0.2, 0) is 22.7 Å². The molecule has 3 aromatic rings. The van der Waals surface area contributed by atoms with Gasteiger partial charge < -0.3 is 19.9 Å². The molecular weight excluding hydrogens is 368 g/mol. The van der Waals surface area contributed by atoms with Crippen LogP contribution in [0.15, 0.2) is 54.6 Å². The Labute approximate surface area is 169 Å². The second-order valence-electron chi connectivity index (χ2n) is 7.12. The van der Waals surface area contributed by atoms with Gasteiger partial charge in [0.15, 0.2) is 0 Å². The second-order valence-corrected chi connectivity index (χ2v) is 7.12. The molecule has 0 spiro atoms. The number of nitrogens with one attached hydrogen (secondary N) is 2. The molecule has 4 rings (SSSR count). The number of hydrogen-bond acceptors (Lipinski definition) is 4. The van der Waals surface area contributed by atoms with Gasteiger partial charge in [-0.2, -0.15) is 0 Å². The average Bonchev–Trinajstić information content (AvgIpc) is 3.54. The molecule has 7 nitrogen and oxygen atoms in total. The lowest BCUT2D eigenvalue weighted by Gasteiger charge is -2.11. The summed E-state index contributed by atoms with van der Waals surface area (Å²) >= 11 is 0. The highest BCUT2D eigenvalue weighted by Gasteiger charge is 2.29. The maximum Gasteiger partial charge on any atom is 0.240 e. The molecule has 0 saturated heterocycles. The first kappa shape index (κ1) is 19.0.